The minimum absolute atomic E-state index is 0.313. The van der Waals surface area contributed by atoms with Crippen molar-refractivity contribution < 1.29 is 4.79 Å². The van der Waals surface area contributed by atoms with Crippen LogP contribution in [0.2, 0.25) is 0 Å². The molecule has 2 amide bonds. The molecule has 0 aliphatic carbocycles. The maximum absolute atomic E-state index is 11.4. The average Bonchev–Trinajstić information content (AvgIpc) is 2.91. The molecule has 0 aliphatic rings. The summed E-state index contributed by atoms with van der Waals surface area (Å²) in [4.78, 5) is 12.4. The minimum Gasteiger partial charge on any atom is -0.333 e. The average molecular weight is 259 g/mol. The third-order valence-electron chi connectivity index (χ3n) is 2.20. The van der Waals surface area contributed by atoms with Crippen LogP contribution in [0.4, 0.5) is 4.79 Å². The van der Waals surface area contributed by atoms with Crippen molar-refractivity contribution >= 4 is 23.6 Å². The second-order valence-electron chi connectivity index (χ2n) is 3.55. The van der Waals surface area contributed by atoms with Gasteiger partial charge in [0, 0.05) is 11.4 Å². The van der Waals surface area contributed by atoms with Gasteiger partial charge in [0.1, 0.15) is 0 Å². The third kappa shape index (κ3) is 4.03. The highest BCUT2D eigenvalue weighted by molar-refractivity contribution is 7.11. The zero-order valence-corrected chi connectivity index (χ0v) is 10.5. The maximum atomic E-state index is 11.4. The Hall–Kier alpha value is -2.14. The number of thiophene rings is 1. The van der Waals surface area contributed by atoms with E-state index >= 15 is 0 Å². The first-order valence-corrected chi connectivity index (χ1v) is 6.37. The molecule has 5 heteroatoms. The Morgan fingerprint density at radius 2 is 2.06 bits per heavy atom. The first-order chi connectivity index (χ1) is 8.84. The van der Waals surface area contributed by atoms with Crippen LogP contribution in [0.5, 0.6) is 0 Å². The molecule has 0 spiro atoms. The van der Waals surface area contributed by atoms with Gasteiger partial charge in [0.2, 0.25) is 0 Å². The Kier molecular flexibility index (Phi) is 4.49. The number of nitrogens with zero attached hydrogens (tertiary/aromatic N) is 1. The smallest absolute Gasteiger partial charge is 0.333 e. The fourth-order valence-electron chi connectivity index (χ4n) is 1.34. The van der Waals surface area contributed by atoms with Crippen LogP contribution in [0.3, 0.4) is 0 Å². The van der Waals surface area contributed by atoms with E-state index in [0.29, 0.717) is 6.54 Å². The van der Waals surface area contributed by atoms with Gasteiger partial charge in [-0.2, -0.15) is 5.10 Å². The molecule has 0 aliphatic heterocycles. The molecule has 18 heavy (non-hydrogen) atoms. The molecular formula is C13H13N3OS. The molecule has 0 fully saturated rings. The predicted molar refractivity (Wildman–Crippen MR) is 73.7 cm³/mol. The maximum Gasteiger partial charge on any atom is 0.335 e. The van der Waals surface area contributed by atoms with Crippen molar-refractivity contribution in [3.05, 3.63) is 58.3 Å². The summed E-state index contributed by atoms with van der Waals surface area (Å²) in [7, 11) is 0. The van der Waals surface area contributed by atoms with E-state index in [1.807, 2.05) is 47.8 Å². The first kappa shape index (κ1) is 12.3. The zero-order chi connectivity index (χ0) is 12.6. The highest BCUT2D eigenvalue weighted by Gasteiger charge is 1.97. The molecule has 0 atom stereocenters. The van der Waals surface area contributed by atoms with Crippen LogP contribution < -0.4 is 10.7 Å². The molecule has 0 saturated heterocycles. The highest BCUT2D eigenvalue weighted by atomic mass is 32.1. The van der Waals surface area contributed by atoms with Crippen LogP contribution in [0.25, 0.3) is 0 Å². The summed E-state index contributed by atoms with van der Waals surface area (Å²) in [5.74, 6) is 0. The summed E-state index contributed by atoms with van der Waals surface area (Å²) in [6.45, 7) is 0.487. The van der Waals surface area contributed by atoms with Crippen LogP contribution in [0.1, 0.15) is 10.4 Å². The summed E-state index contributed by atoms with van der Waals surface area (Å²) < 4.78 is 0. The Labute approximate surface area is 109 Å². The molecule has 0 saturated carbocycles. The topological polar surface area (TPSA) is 53.5 Å². The zero-order valence-electron chi connectivity index (χ0n) is 9.67. The standard InChI is InChI=1S/C13H13N3OS/c17-13(14-9-11-5-2-1-3-6-11)16-15-10-12-7-4-8-18-12/h1-8,10H,9H2,(H2,14,16,17)/b15-10+. The lowest BCUT2D eigenvalue weighted by atomic mass is 10.2. The van der Waals surface area contributed by atoms with Crippen molar-refractivity contribution in [1.29, 1.82) is 0 Å². The Balaban J connectivity index is 1.73. The lowest BCUT2D eigenvalue weighted by Crippen LogP contribution is -2.31. The van der Waals surface area contributed by atoms with Crippen molar-refractivity contribution in [2.45, 2.75) is 6.54 Å². The van der Waals surface area contributed by atoms with E-state index in [2.05, 4.69) is 15.8 Å². The normalized spacial score (nSPS) is 10.4. The van der Waals surface area contributed by atoms with E-state index in [9.17, 15) is 4.79 Å². The van der Waals surface area contributed by atoms with Gasteiger partial charge in [0.25, 0.3) is 0 Å². The second-order valence-corrected chi connectivity index (χ2v) is 4.53. The van der Waals surface area contributed by atoms with Crippen molar-refractivity contribution in [3.63, 3.8) is 0 Å². The van der Waals surface area contributed by atoms with Gasteiger partial charge in [-0.05, 0) is 17.0 Å². The first-order valence-electron chi connectivity index (χ1n) is 5.49. The lowest BCUT2D eigenvalue weighted by Gasteiger charge is -2.03. The molecule has 0 bridgehead atoms. The Morgan fingerprint density at radius 3 is 2.78 bits per heavy atom. The van der Waals surface area contributed by atoms with Crippen LogP contribution >= 0.6 is 11.3 Å². The third-order valence-corrected chi connectivity index (χ3v) is 3.00. The van der Waals surface area contributed by atoms with Crippen LogP contribution in [-0.4, -0.2) is 12.2 Å². The van der Waals surface area contributed by atoms with Crippen LogP contribution in [0, 0.1) is 0 Å². The fourth-order valence-corrected chi connectivity index (χ4v) is 1.92. The van der Waals surface area contributed by atoms with E-state index in [1.54, 1.807) is 17.6 Å². The van der Waals surface area contributed by atoms with E-state index in [0.717, 1.165) is 10.4 Å². The van der Waals surface area contributed by atoms with Gasteiger partial charge >= 0.3 is 6.03 Å². The van der Waals surface area contributed by atoms with E-state index < -0.39 is 0 Å². The number of nitrogens with one attached hydrogen (secondary N) is 2. The molecular weight excluding hydrogens is 246 g/mol. The number of hydrogen-bond acceptors (Lipinski definition) is 3. The summed E-state index contributed by atoms with van der Waals surface area (Å²) >= 11 is 1.56. The van der Waals surface area contributed by atoms with Gasteiger partial charge in [-0.25, -0.2) is 10.2 Å². The predicted octanol–water partition coefficient (Wildman–Crippen LogP) is 2.58. The number of urea groups is 1. The molecule has 92 valence electrons. The molecule has 4 nitrogen and oxygen atoms in total. The lowest BCUT2D eigenvalue weighted by molar-refractivity contribution is 0.241. The Morgan fingerprint density at radius 1 is 1.22 bits per heavy atom. The van der Waals surface area contributed by atoms with E-state index in [1.165, 1.54) is 0 Å². The molecule has 2 aromatic rings. The molecule has 2 rings (SSSR count). The molecule has 1 aromatic carbocycles. The van der Waals surface area contributed by atoms with Crippen molar-refractivity contribution in [2.24, 2.45) is 5.10 Å². The van der Waals surface area contributed by atoms with Crippen molar-refractivity contribution in [2.75, 3.05) is 0 Å². The van der Waals surface area contributed by atoms with Gasteiger partial charge in [-0.3, -0.25) is 0 Å². The van der Waals surface area contributed by atoms with E-state index in [-0.39, 0.29) is 6.03 Å². The molecule has 1 aromatic heterocycles. The molecule has 1 heterocycles. The number of hydrogen-bond donors (Lipinski definition) is 2. The van der Waals surface area contributed by atoms with Crippen LogP contribution in [0.15, 0.2) is 52.9 Å². The summed E-state index contributed by atoms with van der Waals surface area (Å²) in [6.07, 6.45) is 1.62. The Bertz CT molecular complexity index is 508. The van der Waals surface area contributed by atoms with Crippen LogP contribution in [-0.2, 0) is 6.54 Å². The molecule has 0 radical (unpaired) electrons. The fraction of sp³-hybridized carbons (Fsp3) is 0.0769. The van der Waals surface area contributed by atoms with E-state index in [4.69, 9.17) is 0 Å². The number of carbonyl (C=O) groups excluding carboxylic acids is 1. The summed E-state index contributed by atoms with van der Waals surface area (Å²) in [5, 5.41) is 8.52. The monoisotopic (exact) mass is 259 g/mol. The van der Waals surface area contributed by atoms with Gasteiger partial charge in [-0.15, -0.1) is 11.3 Å². The van der Waals surface area contributed by atoms with Gasteiger partial charge in [0.05, 0.1) is 6.21 Å². The number of hydrazone groups is 1. The molecule has 0 unspecified atom stereocenters. The van der Waals surface area contributed by atoms with Crippen molar-refractivity contribution in [1.82, 2.24) is 10.7 Å². The summed E-state index contributed by atoms with van der Waals surface area (Å²) in [6, 6.07) is 13.3. The minimum atomic E-state index is -0.313. The SMILES string of the molecule is O=C(NCc1ccccc1)N/N=C/c1cccs1. The number of carbonyl (C=O) groups is 1. The van der Waals surface area contributed by atoms with Gasteiger partial charge in [-0.1, -0.05) is 36.4 Å². The number of benzene rings is 1. The van der Waals surface area contributed by atoms with Gasteiger partial charge < -0.3 is 5.32 Å². The largest absolute Gasteiger partial charge is 0.335 e. The van der Waals surface area contributed by atoms with Crippen molar-refractivity contribution in [3.8, 4) is 0 Å². The number of amides is 2. The second kappa shape index (κ2) is 6.56. The molecule has 2 N–H and O–H groups in total. The quantitative estimate of drug-likeness (QED) is 0.643. The van der Waals surface area contributed by atoms with Gasteiger partial charge in [0.15, 0.2) is 0 Å². The highest BCUT2D eigenvalue weighted by Crippen LogP contribution is 2.04. The number of rotatable bonds is 4. The summed E-state index contributed by atoms with van der Waals surface area (Å²) in [5.41, 5.74) is 3.47.